The van der Waals surface area contributed by atoms with Crippen LogP contribution in [0.15, 0.2) is 30.7 Å². The van der Waals surface area contributed by atoms with Gasteiger partial charge in [0.2, 0.25) is 0 Å². The molecule has 3 aromatic rings. The molecule has 1 aliphatic rings. The molecule has 0 spiro atoms. The van der Waals surface area contributed by atoms with Gasteiger partial charge in [-0.1, -0.05) is 19.3 Å². The smallest absolute Gasteiger partial charge is 0.331 e. The predicted octanol–water partition coefficient (Wildman–Crippen LogP) is 3.19. The summed E-state index contributed by atoms with van der Waals surface area (Å²) < 4.78 is 20.6. The van der Waals surface area contributed by atoms with Gasteiger partial charge in [0.1, 0.15) is 22.7 Å². The predicted molar refractivity (Wildman–Crippen MR) is 107 cm³/mol. The molecule has 0 bridgehead atoms. The van der Waals surface area contributed by atoms with E-state index in [-0.39, 0.29) is 5.97 Å². The number of nitrogen functional groups attached to an aromatic ring is 1. The molecule has 3 N–H and O–H groups in total. The largest absolute Gasteiger partial charge is 0.464 e. The van der Waals surface area contributed by atoms with Crippen molar-refractivity contribution in [3.63, 3.8) is 0 Å². The van der Waals surface area contributed by atoms with Gasteiger partial charge in [-0.3, -0.25) is 4.40 Å². The fraction of sp³-hybridized carbons (Fsp3) is 0.400. The van der Waals surface area contributed by atoms with Gasteiger partial charge in [-0.25, -0.2) is 24.1 Å². The second-order valence-electron chi connectivity index (χ2n) is 7.20. The van der Waals surface area contributed by atoms with E-state index in [0.717, 1.165) is 19.3 Å². The molecule has 1 saturated carbocycles. The van der Waals surface area contributed by atoms with E-state index in [9.17, 15) is 9.18 Å². The third-order valence-corrected chi connectivity index (χ3v) is 5.25. The summed E-state index contributed by atoms with van der Waals surface area (Å²) in [5, 5.41) is 3.25. The highest BCUT2D eigenvalue weighted by molar-refractivity contribution is 5.85. The first-order valence-corrected chi connectivity index (χ1v) is 9.73. The van der Waals surface area contributed by atoms with Crippen LogP contribution in [0, 0.1) is 5.82 Å². The van der Waals surface area contributed by atoms with E-state index in [4.69, 9.17) is 10.5 Å². The molecule has 0 radical (unpaired) electrons. The van der Waals surface area contributed by atoms with Crippen LogP contribution < -0.4 is 11.1 Å². The number of nitrogens with zero attached hydrogens (tertiary/aromatic N) is 4. The lowest BCUT2D eigenvalue weighted by Gasteiger charge is -2.36. The van der Waals surface area contributed by atoms with E-state index < -0.39 is 11.4 Å². The molecule has 152 valence electrons. The quantitative estimate of drug-likeness (QED) is 0.636. The van der Waals surface area contributed by atoms with Crippen molar-refractivity contribution in [1.82, 2.24) is 19.4 Å². The number of rotatable bonds is 5. The number of halogens is 1. The summed E-state index contributed by atoms with van der Waals surface area (Å²) in [7, 11) is 0. The summed E-state index contributed by atoms with van der Waals surface area (Å²) in [6.45, 7) is 2.09. The first-order chi connectivity index (χ1) is 14.0. The van der Waals surface area contributed by atoms with E-state index in [0.29, 0.717) is 48.1 Å². The highest BCUT2D eigenvalue weighted by Gasteiger charge is 2.41. The highest BCUT2D eigenvalue weighted by Crippen LogP contribution is 2.34. The molecule has 0 atom stereocenters. The van der Waals surface area contributed by atoms with E-state index in [1.807, 2.05) is 0 Å². The maximum Gasteiger partial charge on any atom is 0.331 e. The standard InChI is InChI=1S/C20H23FN6O2/c1-2-29-19(28)20(8-4-3-5-9-20)26-17-14(22)10-24-18(25-17)15-11-23-16-7-6-13(21)12-27(15)16/h6-7,10-12H,2-5,8-9,22H2,1H3,(H,24,25,26). The molecule has 4 rings (SSSR count). The minimum Gasteiger partial charge on any atom is -0.464 e. The number of hydrogen-bond donors (Lipinski definition) is 2. The van der Waals surface area contributed by atoms with E-state index in [2.05, 4.69) is 20.3 Å². The molecule has 3 heterocycles. The number of carbonyl (C=O) groups is 1. The summed E-state index contributed by atoms with van der Waals surface area (Å²) >= 11 is 0. The number of esters is 1. The Balaban J connectivity index is 1.72. The average Bonchev–Trinajstić information content (AvgIpc) is 3.13. The monoisotopic (exact) mass is 398 g/mol. The van der Waals surface area contributed by atoms with Crippen molar-refractivity contribution in [3.8, 4) is 11.5 Å². The Hall–Kier alpha value is -3.23. The van der Waals surface area contributed by atoms with Crippen molar-refractivity contribution in [2.45, 2.75) is 44.6 Å². The highest BCUT2D eigenvalue weighted by atomic mass is 19.1. The van der Waals surface area contributed by atoms with Gasteiger partial charge in [-0.2, -0.15) is 0 Å². The zero-order valence-corrected chi connectivity index (χ0v) is 16.2. The first kappa shape index (κ1) is 19.1. The van der Waals surface area contributed by atoms with Gasteiger partial charge < -0.3 is 15.8 Å². The third-order valence-electron chi connectivity index (χ3n) is 5.25. The SMILES string of the molecule is CCOC(=O)C1(Nc2nc(-c3cnc4ccc(F)cn34)ncc2N)CCCCC1. The minimum atomic E-state index is -0.862. The maximum atomic E-state index is 13.7. The Kier molecular flexibility index (Phi) is 5.04. The van der Waals surface area contributed by atoms with Crippen molar-refractivity contribution in [1.29, 1.82) is 0 Å². The van der Waals surface area contributed by atoms with Gasteiger partial charge in [0, 0.05) is 6.20 Å². The topological polar surface area (TPSA) is 107 Å². The number of hydrogen-bond acceptors (Lipinski definition) is 7. The number of anilines is 2. The van der Waals surface area contributed by atoms with Crippen molar-refractivity contribution in [2.24, 2.45) is 0 Å². The Morgan fingerprint density at radius 1 is 1.28 bits per heavy atom. The van der Waals surface area contributed by atoms with Crippen molar-refractivity contribution in [2.75, 3.05) is 17.7 Å². The second kappa shape index (κ2) is 7.65. The Morgan fingerprint density at radius 2 is 2.07 bits per heavy atom. The van der Waals surface area contributed by atoms with Crippen LogP contribution in [0.25, 0.3) is 17.2 Å². The lowest BCUT2D eigenvalue weighted by molar-refractivity contribution is -0.149. The average molecular weight is 398 g/mol. The lowest BCUT2D eigenvalue weighted by Crippen LogP contribution is -2.49. The summed E-state index contributed by atoms with van der Waals surface area (Å²) in [5.41, 5.74) is 6.67. The Labute approximate surface area is 167 Å². The molecule has 3 aromatic heterocycles. The number of ether oxygens (including phenoxy) is 1. The molecule has 0 unspecified atom stereocenters. The summed E-state index contributed by atoms with van der Waals surface area (Å²) in [4.78, 5) is 25.8. The lowest BCUT2D eigenvalue weighted by atomic mass is 9.81. The first-order valence-electron chi connectivity index (χ1n) is 9.73. The van der Waals surface area contributed by atoms with E-state index in [1.54, 1.807) is 23.6 Å². The summed E-state index contributed by atoms with van der Waals surface area (Å²) in [6, 6.07) is 2.92. The van der Waals surface area contributed by atoms with Crippen molar-refractivity contribution >= 4 is 23.1 Å². The second-order valence-corrected chi connectivity index (χ2v) is 7.20. The molecule has 0 saturated heterocycles. The fourth-order valence-corrected chi connectivity index (χ4v) is 3.77. The van der Waals surface area contributed by atoms with Crippen LogP contribution >= 0.6 is 0 Å². The summed E-state index contributed by atoms with van der Waals surface area (Å²) in [5.74, 6) is -0.00364. The molecule has 1 aliphatic carbocycles. The summed E-state index contributed by atoms with van der Waals surface area (Å²) in [6.07, 6.45) is 8.56. The normalized spacial score (nSPS) is 15.9. The minimum absolute atomic E-state index is 0.295. The van der Waals surface area contributed by atoms with Gasteiger partial charge in [-0.05, 0) is 31.9 Å². The van der Waals surface area contributed by atoms with E-state index in [1.165, 1.54) is 18.5 Å². The van der Waals surface area contributed by atoms with E-state index >= 15 is 0 Å². The molecule has 1 fully saturated rings. The van der Waals surface area contributed by atoms with Gasteiger partial charge in [0.25, 0.3) is 0 Å². The number of nitrogens with one attached hydrogen (secondary N) is 1. The number of pyridine rings is 1. The van der Waals surface area contributed by atoms with Gasteiger partial charge in [0.05, 0.1) is 24.7 Å². The molecule has 0 aromatic carbocycles. The zero-order chi connectivity index (χ0) is 20.4. The molecule has 9 heteroatoms. The maximum absolute atomic E-state index is 13.7. The number of aromatic nitrogens is 4. The van der Waals surface area contributed by atoms with Crippen LogP contribution in [-0.4, -0.2) is 37.5 Å². The Morgan fingerprint density at radius 3 is 2.83 bits per heavy atom. The van der Waals surface area contributed by atoms with Crippen LogP contribution in [0.2, 0.25) is 0 Å². The van der Waals surface area contributed by atoms with Crippen LogP contribution in [0.4, 0.5) is 15.9 Å². The van der Waals surface area contributed by atoms with Crippen molar-refractivity contribution in [3.05, 3.63) is 36.5 Å². The van der Waals surface area contributed by atoms with Crippen LogP contribution in [-0.2, 0) is 9.53 Å². The van der Waals surface area contributed by atoms with Gasteiger partial charge in [0.15, 0.2) is 11.6 Å². The van der Waals surface area contributed by atoms with Crippen molar-refractivity contribution < 1.29 is 13.9 Å². The molecule has 8 nitrogen and oxygen atoms in total. The number of carbonyl (C=O) groups excluding carboxylic acids is 1. The van der Waals surface area contributed by atoms with Gasteiger partial charge in [-0.15, -0.1) is 0 Å². The number of nitrogens with two attached hydrogens (primary N) is 1. The molecule has 0 aliphatic heterocycles. The molecular weight excluding hydrogens is 375 g/mol. The van der Waals surface area contributed by atoms with Gasteiger partial charge >= 0.3 is 5.97 Å². The molecular formula is C20H23FN6O2. The fourth-order valence-electron chi connectivity index (χ4n) is 3.77. The van der Waals surface area contributed by atoms with Crippen LogP contribution in [0.1, 0.15) is 39.0 Å². The zero-order valence-electron chi connectivity index (χ0n) is 16.2. The molecule has 29 heavy (non-hydrogen) atoms. The third kappa shape index (κ3) is 3.59. The van der Waals surface area contributed by atoms with Crippen LogP contribution in [0.5, 0.6) is 0 Å². The Bertz CT molecular complexity index is 1040. The number of fused-ring (bicyclic) bond motifs is 1. The van der Waals surface area contributed by atoms with Crippen LogP contribution in [0.3, 0.4) is 0 Å². The number of imidazole rings is 1. The molecule has 0 amide bonds.